The molecule has 0 atom stereocenters. The lowest BCUT2D eigenvalue weighted by molar-refractivity contribution is 0.671. The smallest absolute Gasteiger partial charge is 0.160 e. The van der Waals surface area contributed by atoms with E-state index < -0.39 is 0 Å². The molecule has 0 saturated heterocycles. The summed E-state index contributed by atoms with van der Waals surface area (Å²) in [7, 11) is 0. The van der Waals surface area contributed by atoms with E-state index in [9.17, 15) is 10.5 Å². The normalized spacial score (nSPS) is 11.7. The summed E-state index contributed by atoms with van der Waals surface area (Å²) >= 11 is 0. The zero-order valence-corrected chi connectivity index (χ0v) is 22.6. The van der Waals surface area contributed by atoms with Crippen molar-refractivity contribution in [1.82, 2.24) is 14.1 Å². The molecule has 0 unspecified atom stereocenters. The van der Waals surface area contributed by atoms with Gasteiger partial charge < -0.3 is 4.42 Å². The first-order valence-electron chi connectivity index (χ1n) is 13.9. The van der Waals surface area contributed by atoms with Crippen molar-refractivity contribution in [2.24, 2.45) is 0 Å². The molecule has 4 aromatic heterocycles. The molecule has 6 heteroatoms. The number of pyridine rings is 1. The van der Waals surface area contributed by atoms with Crippen LogP contribution in [-0.2, 0) is 0 Å². The molecule has 0 aliphatic rings. The van der Waals surface area contributed by atoms with Gasteiger partial charge in [0.1, 0.15) is 17.2 Å². The number of nitrogens with zero attached hydrogens (tertiary/aromatic N) is 5. The monoisotopic (exact) mass is 549 g/mol. The molecule has 0 bridgehead atoms. The lowest BCUT2D eigenvalue weighted by Crippen LogP contribution is -2.03. The Bertz CT molecular complexity index is 2710. The molecule has 0 saturated carbocycles. The van der Waals surface area contributed by atoms with Gasteiger partial charge in [0.15, 0.2) is 5.58 Å². The number of para-hydroxylation sites is 2. The number of hydrogen-bond donors (Lipinski definition) is 0. The molecule has 0 aliphatic carbocycles. The minimum atomic E-state index is 0.596. The van der Waals surface area contributed by atoms with Crippen LogP contribution in [0.25, 0.3) is 77.2 Å². The highest BCUT2D eigenvalue weighted by molar-refractivity contribution is 6.21. The second-order valence-electron chi connectivity index (χ2n) is 10.7. The molecule has 5 aromatic carbocycles. The average Bonchev–Trinajstić information content (AvgIpc) is 3.71. The Morgan fingerprint density at radius 2 is 1.12 bits per heavy atom. The molecule has 0 fully saturated rings. The third-order valence-electron chi connectivity index (χ3n) is 8.38. The fraction of sp³-hybridized carbons (Fsp3) is 0. The van der Waals surface area contributed by atoms with E-state index in [0.717, 1.165) is 77.2 Å². The van der Waals surface area contributed by atoms with Crippen LogP contribution in [0, 0.1) is 22.7 Å². The predicted octanol–water partition coefficient (Wildman–Crippen LogP) is 8.92. The van der Waals surface area contributed by atoms with Crippen molar-refractivity contribution in [2.75, 3.05) is 0 Å². The standard InChI is InChI=1S/C37H19N5O/c38-20-22-12-16-32-28(18-22)25-7-2-3-8-30(25)41(32)34-10-5-11-35(40-34)42-31-9-4-1-6-24(31)26-14-15-27-29-19-23(21-39)13-17-33(29)43-37(27)36(26)42/h1-19H. The molecular weight excluding hydrogens is 530 g/mol. The highest BCUT2D eigenvalue weighted by Crippen LogP contribution is 2.40. The quantitative estimate of drug-likeness (QED) is 0.215. The van der Waals surface area contributed by atoms with Crippen LogP contribution in [0.15, 0.2) is 120 Å². The highest BCUT2D eigenvalue weighted by Gasteiger charge is 2.21. The Morgan fingerprint density at radius 1 is 0.512 bits per heavy atom. The first-order valence-corrected chi connectivity index (χ1v) is 13.9. The third-order valence-corrected chi connectivity index (χ3v) is 8.38. The number of nitriles is 2. The van der Waals surface area contributed by atoms with Gasteiger partial charge in [-0.2, -0.15) is 10.5 Å². The van der Waals surface area contributed by atoms with Crippen LogP contribution in [0.2, 0.25) is 0 Å². The number of aromatic nitrogens is 3. The molecule has 0 aliphatic heterocycles. The summed E-state index contributed by atoms with van der Waals surface area (Å²) in [6.45, 7) is 0. The van der Waals surface area contributed by atoms with Crippen LogP contribution >= 0.6 is 0 Å². The van der Waals surface area contributed by atoms with Gasteiger partial charge in [-0.15, -0.1) is 0 Å². The Kier molecular flexibility index (Phi) is 4.65. The van der Waals surface area contributed by atoms with Gasteiger partial charge in [-0.25, -0.2) is 4.98 Å². The summed E-state index contributed by atoms with van der Waals surface area (Å²) in [4.78, 5) is 5.27. The Labute approximate surface area is 244 Å². The van der Waals surface area contributed by atoms with E-state index in [0.29, 0.717) is 11.1 Å². The van der Waals surface area contributed by atoms with Gasteiger partial charge in [-0.3, -0.25) is 9.13 Å². The van der Waals surface area contributed by atoms with Gasteiger partial charge in [0.2, 0.25) is 0 Å². The second kappa shape index (κ2) is 8.57. The Morgan fingerprint density at radius 3 is 1.88 bits per heavy atom. The molecule has 4 heterocycles. The number of furan rings is 1. The van der Waals surface area contributed by atoms with Crippen molar-refractivity contribution < 1.29 is 4.42 Å². The van der Waals surface area contributed by atoms with E-state index in [1.54, 1.807) is 6.07 Å². The summed E-state index contributed by atoms with van der Waals surface area (Å²) in [5.74, 6) is 1.53. The molecule has 6 nitrogen and oxygen atoms in total. The molecule has 0 N–H and O–H groups in total. The maximum absolute atomic E-state index is 9.56. The molecular formula is C37H19N5O. The van der Waals surface area contributed by atoms with E-state index in [4.69, 9.17) is 9.40 Å². The van der Waals surface area contributed by atoms with Crippen molar-refractivity contribution in [3.63, 3.8) is 0 Å². The summed E-state index contributed by atoms with van der Waals surface area (Å²) in [6, 6.07) is 42.7. The number of benzene rings is 5. The van der Waals surface area contributed by atoms with Crippen LogP contribution in [0.4, 0.5) is 0 Å². The third kappa shape index (κ3) is 3.18. The van der Waals surface area contributed by atoms with Crippen LogP contribution in [0.1, 0.15) is 11.1 Å². The molecule has 0 radical (unpaired) electrons. The fourth-order valence-corrected chi connectivity index (χ4v) is 6.54. The minimum absolute atomic E-state index is 0.596. The van der Waals surface area contributed by atoms with Crippen molar-refractivity contribution >= 4 is 65.6 Å². The zero-order valence-electron chi connectivity index (χ0n) is 22.6. The number of hydrogen-bond acceptors (Lipinski definition) is 4. The number of rotatable bonds is 2. The minimum Gasteiger partial charge on any atom is -0.454 e. The summed E-state index contributed by atoms with van der Waals surface area (Å²) in [5, 5.41) is 25.2. The lowest BCUT2D eigenvalue weighted by atomic mass is 10.1. The Balaban J connectivity index is 1.37. The zero-order chi connectivity index (χ0) is 28.7. The lowest BCUT2D eigenvalue weighted by Gasteiger charge is -2.11. The molecule has 9 aromatic rings. The van der Waals surface area contributed by atoms with Gasteiger partial charge >= 0.3 is 0 Å². The van der Waals surface area contributed by atoms with Gasteiger partial charge in [0.05, 0.1) is 45.3 Å². The molecule has 198 valence electrons. The highest BCUT2D eigenvalue weighted by atomic mass is 16.3. The van der Waals surface area contributed by atoms with Gasteiger partial charge in [-0.05, 0) is 66.7 Å². The Hall–Kier alpha value is -6.37. The maximum atomic E-state index is 9.56. The predicted molar refractivity (Wildman–Crippen MR) is 170 cm³/mol. The second-order valence-corrected chi connectivity index (χ2v) is 10.7. The summed E-state index contributed by atoms with van der Waals surface area (Å²) in [6.07, 6.45) is 0. The largest absolute Gasteiger partial charge is 0.454 e. The van der Waals surface area contributed by atoms with Crippen molar-refractivity contribution in [3.05, 3.63) is 126 Å². The first-order chi connectivity index (χ1) is 21.2. The average molecular weight is 550 g/mol. The molecule has 43 heavy (non-hydrogen) atoms. The molecule has 0 amide bonds. The van der Waals surface area contributed by atoms with Crippen LogP contribution in [0.3, 0.4) is 0 Å². The van der Waals surface area contributed by atoms with Crippen LogP contribution in [0.5, 0.6) is 0 Å². The van der Waals surface area contributed by atoms with Crippen LogP contribution in [-0.4, -0.2) is 14.1 Å². The number of fused-ring (bicyclic) bond motifs is 10. The van der Waals surface area contributed by atoms with Crippen molar-refractivity contribution in [1.29, 1.82) is 10.5 Å². The first kappa shape index (κ1) is 23.3. The van der Waals surface area contributed by atoms with Gasteiger partial charge in [0, 0.05) is 32.3 Å². The van der Waals surface area contributed by atoms with E-state index >= 15 is 0 Å². The van der Waals surface area contributed by atoms with Gasteiger partial charge in [0.25, 0.3) is 0 Å². The maximum Gasteiger partial charge on any atom is 0.160 e. The molecule has 9 rings (SSSR count). The summed E-state index contributed by atoms with van der Waals surface area (Å²) in [5.41, 5.74) is 6.67. The topological polar surface area (TPSA) is 83.5 Å². The van der Waals surface area contributed by atoms with Crippen LogP contribution < -0.4 is 0 Å². The fourth-order valence-electron chi connectivity index (χ4n) is 6.54. The van der Waals surface area contributed by atoms with Crippen molar-refractivity contribution in [3.8, 4) is 23.8 Å². The van der Waals surface area contributed by atoms with E-state index in [1.165, 1.54) is 0 Å². The summed E-state index contributed by atoms with van der Waals surface area (Å²) < 4.78 is 10.8. The van der Waals surface area contributed by atoms with E-state index in [-0.39, 0.29) is 0 Å². The molecule has 0 spiro atoms. The SMILES string of the molecule is N#Cc1ccc2oc3c(ccc4c5ccccc5n(-c5cccc(-n6c7ccccc7c7cc(C#N)ccc76)n5)c43)c2c1. The van der Waals surface area contributed by atoms with E-state index in [2.05, 4.69) is 57.7 Å². The van der Waals surface area contributed by atoms with Gasteiger partial charge in [-0.1, -0.05) is 48.5 Å². The van der Waals surface area contributed by atoms with Crippen molar-refractivity contribution in [2.45, 2.75) is 0 Å². The van der Waals surface area contributed by atoms with E-state index in [1.807, 2.05) is 72.8 Å².